The third-order valence-corrected chi connectivity index (χ3v) is 5.00. The number of rotatable bonds is 6. The summed E-state index contributed by atoms with van der Waals surface area (Å²) in [6, 6.07) is 14.8. The largest absolute Gasteiger partial charge is 0.497 e. The van der Waals surface area contributed by atoms with Gasteiger partial charge in [-0.2, -0.15) is 0 Å². The second-order valence-electron chi connectivity index (χ2n) is 5.90. The van der Waals surface area contributed by atoms with Crippen LogP contribution in [0, 0.1) is 6.92 Å². The molecule has 0 N–H and O–H groups in total. The first-order valence-electron chi connectivity index (χ1n) is 8.03. The summed E-state index contributed by atoms with van der Waals surface area (Å²) < 4.78 is 14.2. The zero-order valence-corrected chi connectivity index (χ0v) is 15.9. The lowest BCUT2D eigenvalue weighted by molar-refractivity contribution is 0.202. The number of hydrogen-bond donors (Lipinski definition) is 0. The highest BCUT2D eigenvalue weighted by Gasteiger charge is 2.15. The molecule has 1 heterocycles. The standard InChI is InChI=1S/C20H22BrNO2/c1-14-18(10-11-23-2)19-12-17(24-3)8-9-20(19)22(14)13-15-4-6-16(21)7-5-15/h4-9,12H,10-11,13H2,1-3H3. The molecule has 0 aliphatic rings. The SMILES string of the molecule is COCCc1c(C)n(Cc2ccc(Br)cc2)c2ccc(OC)cc12. The highest BCUT2D eigenvalue weighted by molar-refractivity contribution is 9.10. The van der Waals surface area contributed by atoms with Crippen molar-refractivity contribution in [2.75, 3.05) is 20.8 Å². The number of nitrogens with zero attached hydrogens (tertiary/aromatic N) is 1. The highest BCUT2D eigenvalue weighted by atomic mass is 79.9. The van der Waals surface area contributed by atoms with Crippen LogP contribution in [0.2, 0.25) is 0 Å². The van der Waals surface area contributed by atoms with Crippen LogP contribution in [0.25, 0.3) is 10.9 Å². The smallest absolute Gasteiger partial charge is 0.119 e. The normalized spacial score (nSPS) is 11.2. The number of aromatic nitrogens is 1. The third-order valence-electron chi connectivity index (χ3n) is 4.47. The van der Waals surface area contributed by atoms with E-state index >= 15 is 0 Å². The molecule has 0 aliphatic carbocycles. The van der Waals surface area contributed by atoms with Crippen LogP contribution in [0.4, 0.5) is 0 Å². The molecule has 0 amide bonds. The van der Waals surface area contributed by atoms with Gasteiger partial charge in [0.2, 0.25) is 0 Å². The van der Waals surface area contributed by atoms with E-state index in [2.05, 4.69) is 63.8 Å². The van der Waals surface area contributed by atoms with Gasteiger partial charge in [0.25, 0.3) is 0 Å². The van der Waals surface area contributed by atoms with Crippen LogP contribution in [-0.2, 0) is 17.7 Å². The average molecular weight is 388 g/mol. The molecule has 0 unspecified atom stereocenters. The monoisotopic (exact) mass is 387 g/mol. The summed E-state index contributed by atoms with van der Waals surface area (Å²) >= 11 is 3.50. The predicted molar refractivity (Wildman–Crippen MR) is 102 cm³/mol. The molecule has 0 spiro atoms. The number of benzene rings is 2. The summed E-state index contributed by atoms with van der Waals surface area (Å²) in [5.41, 5.74) is 5.15. The summed E-state index contributed by atoms with van der Waals surface area (Å²) in [4.78, 5) is 0. The van der Waals surface area contributed by atoms with Gasteiger partial charge in [0.15, 0.2) is 0 Å². The van der Waals surface area contributed by atoms with E-state index in [4.69, 9.17) is 9.47 Å². The lowest BCUT2D eigenvalue weighted by Crippen LogP contribution is -2.03. The second-order valence-corrected chi connectivity index (χ2v) is 6.82. The minimum Gasteiger partial charge on any atom is -0.497 e. The molecule has 0 atom stereocenters. The quantitative estimate of drug-likeness (QED) is 0.596. The Kier molecular flexibility index (Phi) is 5.27. The van der Waals surface area contributed by atoms with E-state index in [1.54, 1.807) is 14.2 Å². The maximum absolute atomic E-state index is 5.42. The Labute approximate surface area is 151 Å². The lowest BCUT2D eigenvalue weighted by Gasteiger charge is -2.09. The maximum Gasteiger partial charge on any atom is 0.119 e. The van der Waals surface area contributed by atoms with Crippen molar-refractivity contribution >= 4 is 26.8 Å². The Hall–Kier alpha value is -1.78. The van der Waals surface area contributed by atoms with Crippen molar-refractivity contribution in [3.63, 3.8) is 0 Å². The molecule has 0 bridgehead atoms. The first kappa shape index (κ1) is 17.1. The van der Waals surface area contributed by atoms with Gasteiger partial charge in [-0.3, -0.25) is 0 Å². The molecule has 4 heteroatoms. The van der Waals surface area contributed by atoms with Crippen molar-refractivity contribution in [3.8, 4) is 5.75 Å². The minimum atomic E-state index is 0.718. The molecule has 2 aromatic carbocycles. The van der Waals surface area contributed by atoms with E-state index in [1.165, 1.54) is 27.7 Å². The number of halogens is 1. The third kappa shape index (κ3) is 3.35. The number of fused-ring (bicyclic) bond motifs is 1. The molecule has 0 fully saturated rings. The van der Waals surface area contributed by atoms with Crippen LogP contribution in [0.5, 0.6) is 5.75 Å². The Morgan fingerprint density at radius 3 is 2.46 bits per heavy atom. The molecule has 0 aliphatic heterocycles. The zero-order chi connectivity index (χ0) is 17.1. The van der Waals surface area contributed by atoms with Crippen molar-refractivity contribution in [2.24, 2.45) is 0 Å². The number of hydrogen-bond acceptors (Lipinski definition) is 2. The molecular formula is C20H22BrNO2. The van der Waals surface area contributed by atoms with Crippen molar-refractivity contribution in [2.45, 2.75) is 19.9 Å². The lowest BCUT2D eigenvalue weighted by atomic mass is 10.1. The second kappa shape index (κ2) is 7.41. The van der Waals surface area contributed by atoms with Gasteiger partial charge in [0, 0.05) is 34.7 Å². The maximum atomic E-state index is 5.42. The Balaban J connectivity index is 2.08. The number of methoxy groups -OCH3 is 2. The van der Waals surface area contributed by atoms with Gasteiger partial charge in [-0.15, -0.1) is 0 Å². The molecule has 0 radical (unpaired) electrons. The first-order chi connectivity index (χ1) is 11.6. The van der Waals surface area contributed by atoms with Gasteiger partial charge < -0.3 is 14.0 Å². The van der Waals surface area contributed by atoms with Crippen LogP contribution >= 0.6 is 15.9 Å². The Bertz CT molecular complexity index is 837. The van der Waals surface area contributed by atoms with Crippen LogP contribution in [0.15, 0.2) is 46.9 Å². The number of ether oxygens (including phenoxy) is 2. The topological polar surface area (TPSA) is 23.4 Å². The molecule has 1 aromatic heterocycles. The molecule has 0 saturated carbocycles. The van der Waals surface area contributed by atoms with Gasteiger partial charge >= 0.3 is 0 Å². The molecular weight excluding hydrogens is 366 g/mol. The van der Waals surface area contributed by atoms with E-state index in [0.717, 1.165) is 29.8 Å². The van der Waals surface area contributed by atoms with E-state index in [-0.39, 0.29) is 0 Å². The highest BCUT2D eigenvalue weighted by Crippen LogP contribution is 2.30. The molecule has 0 saturated heterocycles. The summed E-state index contributed by atoms with van der Waals surface area (Å²) in [5, 5.41) is 1.25. The van der Waals surface area contributed by atoms with Crippen LogP contribution in [-0.4, -0.2) is 25.4 Å². The summed E-state index contributed by atoms with van der Waals surface area (Å²) in [6.45, 7) is 3.76. The van der Waals surface area contributed by atoms with Gasteiger partial charge in [-0.1, -0.05) is 28.1 Å². The van der Waals surface area contributed by atoms with Gasteiger partial charge in [-0.05, 0) is 54.8 Å². The summed E-state index contributed by atoms with van der Waals surface area (Å²) in [5.74, 6) is 0.891. The van der Waals surface area contributed by atoms with E-state index in [0.29, 0.717) is 0 Å². The van der Waals surface area contributed by atoms with Crippen molar-refractivity contribution in [3.05, 3.63) is 63.8 Å². The molecule has 3 aromatic rings. The Morgan fingerprint density at radius 1 is 1.04 bits per heavy atom. The fraction of sp³-hybridized carbons (Fsp3) is 0.300. The van der Waals surface area contributed by atoms with E-state index in [1.807, 2.05) is 6.07 Å². The fourth-order valence-corrected chi connectivity index (χ4v) is 3.42. The van der Waals surface area contributed by atoms with Crippen molar-refractivity contribution in [1.29, 1.82) is 0 Å². The molecule has 126 valence electrons. The van der Waals surface area contributed by atoms with Gasteiger partial charge in [0.1, 0.15) is 5.75 Å². The minimum absolute atomic E-state index is 0.718. The van der Waals surface area contributed by atoms with Crippen LogP contribution in [0.1, 0.15) is 16.8 Å². The Morgan fingerprint density at radius 2 is 1.79 bits per heavy atom. The van der Waals surface area contributed by atoms with Crippen molar-refractivity contribution in [1.82, 2.24) is 4.57 Å². The van der Waals surface area contributed by atoms with E-state index < -0.39 is 0 Å². The van der Waals surface area contributed by atoms with Crippen LogP contribution in [0.3, 0.4) is 0 Å². The molecule has 3 nitrogen and oxygen atoms in total. The molecule has 3 rings (SSSR count). The summed E-state index contributed by atoms with van der Waals surface area (Å²) in [7, 11) is 3.46. The predicted octanol–water partition coefficient (Wildman–Crippen LogP) is 4.96. The summed E-state index contributed by atoms with van der Waals surface area (Å²) in [6.07, 6.45) is 0.902. The van der Waals surface area contributed by atoms with Crippen molar-refractivity contribution < 1.29 is 9.47 Å². The zero-order valence-electron chi connectivity index (χ0n) is 14.3. The molecule has 24 heavy (non-hydrogen) atoms. The van der Waals surface area contributed by atoms with Crippen LogP contribution < -0.4 is 4.74 Å². The first-order valence-corrected chi connectivity index (χ1v) is 8.82. The van der Waals surface area contributed by atoms with Gasteiger partial charge in [0.05, 0.1) is 13.7 Å². The van der Waals surface area contributed by atoms with E-state index in [9.17, 15) is 0 Å². The average Bonchev–Trinajstić information content (AvgIpc) is 2.86. The fourth-order valence-electron chi connectivity index (χ4n) is 3.15. The van der Waals surface area contributed by atoms with Gasteiger partial charge in [-0.25, -0.2) is 0 Å².